The van der Waals surface area contributed by atoms with E-state index in [0.717, 1.165) is 11.2 Å². The van der Waals surface area contributed by atoms with Crippen molar-refractivity contribution in [3.63, 3.8) is 0 Å². The third-order valence-corrected chi connectivity index (χ3v) is 6.36. The van der Waals surface area contributed by atoms with E-state index in [2.05, 4.69) is 18.4 Å². The first-order valence-electron chi connectivity index (χ1n) is 5.98. The second-order valence-corrected chi connectivity index (χ2v) is 11.2. The molecule has 13 heavy (non-hydrogen) atoms. The number of hydrogen-bond acceptors (Lipinski definition) is 1. The van der Waals surface area contributed by atoms with Crippen molar-refractivity contribution in [3.8, 4) is 0 Å². The molecule has 1 nitrogen and oxygen atoms in total. The molecule has 0 N–H and O–H groups in total. The predicted molar refractivity (Wildman–Crippen MR) is 67.2 cm³/mol. The Balaban J connectivity index is 2.34. The summed E-state index contributed by atoms with van der Waals surface area (Å²) in [7, 11) is 1.52. The Morgan fingerprint density at radius 2 is 2.00 bits per heavy atom. The average molecular weight is 215 g/mol. The topological polar surface area (TPSA) is 3.24 Å². The highest BCUT2D eigenvalue weighted by Gasteiger charge is 2.19. The van der Waals surface area contributed by atoms with Crippen LogP contribution in [0.4, 0.5) is 0 Å². The van der Waals surface area contributed by atoms with Gasteiger partial charge in [-0.1, -0.05) is 38.3 Å². The maximum Gasteiger partial charge on any atom is 0.0947 e. The maximum absolute atomic E-state index is 2.86. The van der Waals surface area contributed by atoms with Crippen LogP contribution in [0, 0.1) is 0 Å². The van der Waals surface area contributed by atoms with Gasteiger partial charge in [-0.25, -0.2) is 0 Å². The van der Waals surface area contributed by atoms with Crippen LogP contribution in [0.1, 0.15) is 46.0 Å². The van der Waals surface area contributed by atoms with Crippen molar-refractivity contribution in [2.24, 2.45) is 0 Å². The molecule has 0 aliphatic heterocycles. The van der Waals surface area contributed by atoms with Gasteiger partial charge in [0.15, 0.2) is 0 Å². The van der Waals surface area contributed by atoms with Gasteiger partial charge in [0, 0.05) is 16.3 Å². The van der Waals surface area contributed by atoms with Gasteiger partial charge in [-0.15, -0.1) is 0 Å². The summed E-state index contributed by atoms with van der Waals surface area (Å²) >= 11 is 0. The standard InChI is InChI=1S/C10H25NSi2/c1-3-11(13-9(2)12)10-7-5-4-6-8-10/h9-10H,3-8,13H2,1-2,12H3. The fourth-order valence-electron chi connectivity index (χ4n) is 2.45. The monoisotopic (exact) mass is 215 g/mol. The molecule has 0 amide bonds. The summed E-state index contributed by atoms with van der Waals surface area (Å²) in [5.41, 5.74) is 0. The Morgan fingerprint density at radius 3 is 2.46 bits per heavy atom. The van der Waals surface area contributed by atoms with Crippen molar-refractivity contribution in [2.75, 3.05) is 6.54 Å². The third kappa shape index (κ3) is 3.96. The molecule has 0 aromatic rings. The van der Waals surface area contributed by atoms with E-state index in [9.17, 15) is 0 Å². The number of nitrogens with zero attached hydrogens (tertiary/aromatic N) is 1. The van der Waals surface area contributed by atoms with E-state index >= 15 is 0 Å². The van der Waals surface area contributed by atoms with Crippen LogP contribution in [0.15, 0.2) is 0 Å². The average Bonchev–Trinajstić information content (AvgIpc) is 2.15. The van der Waals surface area contributed by atoms with Gasteiger partial charge >= 0.3 is 0 Å². The zero-order valence-electron chi connectivity index (χ0n) is 9.55. The minimum atomic E-state index is 0.110. The van der Waals surface area contributed by atoms with Crippen molar-refractivity contribution in [1.29, 1.82) is 0 Å². The molecular weight excluding hydrogens is 190 g/mol. The van der Waals surface area contributed by atoms with Crippen LogP contribution >= 0.6 is 0 Å². The summed E-state index contributed by atoms with van der Waals surface area (Å²) in [6.45, 7) is 6.12. The molecule has 0 spiro atoms. The molecule has 0 heterocycles. The summed E-state index contributed by atoms with van der Waals surface area (Å²) in [6.07, 6.45) is 7.46. The maximum atomic E-state index is 2.86. The zero-order valence-corrected chi connectivity index (χ0v) is 13.0. The Kier molecular flexibility index (Phi) is 5.28. The summed E-state index contributed by atoms with van der Waals surface area (Å²) in [6, 6.07) is 0.988. The molecule has 1 aliphatic rings. The molecule has 3 heteroatoms. The normalized spacial score (nSPS) is 23.3. The quantitative estimate of drug-likeness (QED) is 0.629. The van der Waals surface area contributed by atoms with Gasteiger partial charge in [0.05, 0.1) is 9.68 Å². The van der Waals surface area contributed by atoms with E-state index < -0.39 is 0 Å². The summed E-state index contributed by atoms with van der Waals surface area (Å²) < 4.78 is 2.86. The zero-order chi connectivity index (χ0) is 9.68. The van der Waals surface area contributed by atoms with E-state index in [1.165, 1.54) is 48.9 Å². The lowest BCUT2D eigenvalue weighted by molar-refractivity contribution is 0.265. The molecule has 1 saturated carbocycles. The van der Waals surface area contributed by atoms with E-state index in [1.807, 2.05) is 0 Å². The van der Waals surface area contributed by atoms with Gasteiger partial charge in [0.1, 0.15) is 0 Å². The van der Waals surface area contributed by atoms with Crippen molar-refractivity contribution in [1.82, 2.24) is 4.57 Å². The van der Waals surface area contributed by atoms with E-state index in [-0.39, 0.29) is 9.68 Å². The van der Waals surface area contributed by atoms with Gasteiger partial charge in [0.2, 0.25) is 0 Å². The van der Waals surface area contributed by atoms with Crippen molar-refractivity contribution in [2.45, 2.75) is 57.2 Å². The Bertz CT molecular complexity index is 133. The second-order valence-electron chi connectivity index (χ2n) is 4.77. The minimum absolute atomic E-state index is 0.110. The van der Waals surface area contributed by atoms with Crippen LogP contribution in [0.2, 0.25) is 5.16 Å². The molecule has 0 bridgehead atoms. The molecule has 78 valence electrons. The van der Waals surface area contributed by atoms with Crippen LogP contribution in [0.5, 0.6) is 0 Å². The fraction of sp³-hybridized carbons (Fsp3) is 1.00. The SMILES string of the molecule is CCN([SiH2]C(C)[SiH3])C1CCCCC1. The van der Waals surface area contributed by atoms with Crippen LogP contribution in [-0.2, 0) is 0 Å². The first kappa shape index (κ1) is 11.5. The number of hydrogen-bond donors (Lipinski definition) is 0. The van der Waals surface area contributed by atoms with Crippen LogP contribution in [0.3, 0.4) is 0 Å². The molecule has 1 aliphatic carbocycles. The minimum Gasteiger partial charge on any atom is -0.327 e. The largest absolute Gasteiger partial charge is 0.327 e. The van der Waals surface area contributed by atoms with E-state index in [0.29, 0.717) is 0 Å². The van der Waals surface area contributed by atoms with Gasteiger partial charge in [-0.2, -0.15) is 0 Å². The highest BCUT2D eigenvalue weighted by Crippen LogP contribution is 2.22. The van der Waals surface area contributed by atoms with Crippen LogP contribution in [0.25, 0.3) is 0 Å². The van der Waals surface area contributed by atoms with Crippen molar-refractivity contribution >= 4 is 19.9 Å². The summed E-state index contributed by atoms with van der Waals surface area (Å²) in [4.78, 5) is 0. The molecule has 1 atom stereocenters. The highest BCUT2D eigenvalue weighted by molar-refractivity contribution is 6.47. The molecule has 1 unspecified atom stereocenters. The molecule has 0 saturated heterocycles. The first-order chi connectivity index (χ1) is 6.24. The molecule has 1 fully saturated rings. The lowest BCUT2D eigenvalue weighted by Gasteiger charge is -2.34. The lowest BCUT2D eigenvalue weighted by atomic mass is 9.95. The van der Waals surface area contributed by atoms with Gasteiger partial charge in [0.25, 0.3) is 0 Å². The summed E-state index contributed by atoms with van der Waals surface area (Å²) in [5.74, 6) is 0. The Morgan fingerprint density at radius 1 is 1.38 bits per heavy atom. The van der Waals surface area contributed by atoms with Gasteiger partial charge < -0.3 is 4.57 Å². The van der Waals surface area contributed by atoms with Crippen molar-refractivity contribution < 1.29 is 0 Å². The van der Waals surface area contributed by atoms with Gasteiger partial charge in [-0.3, -0.25) is 0 Å². The van der Waals surface area contributed by atoms with Crippen molar-refractivity contribution in [3.05, 3.63) is 0 Å². The van der Waals surface area contributed by atoms with Crippen LogP contribution in [-0.4, -0.2) is 37.1 Å². The highest BCUT2D eigenvalue weighted by atomic mass is 28.3. The molecule has 0 radical (unpaired) electrons. The van der Waals surface area contributed by atoms with E-state index in [1.54, 1.807) is 0 Å². The molecule has 0 aromatic carbocycles. The van der Waals surface area contributed by atoms with E-state index in [4.69, 9.17) is 0 Å². The third-order valence-electron chi connectivity index (χ3n) is 3.10. The smallest absolute Gasteiger partial charge is 0.0947 e. The Hall–Kier alpha value is 0.394. The van der Waals surface area contributed by atoms with Gasteiger partial charge in [-0.05, 0) is 19.4 Å². The molecular formula is C10H25NSi2. The molecule has 1 rings (SSSR count). The lowest BCUT2D eigenvalue weighted by Crippen LogP contribution is -2.40. The fourth-order valence-corrected chi connectivity index (χ4v) is 5.72. The predicted octanol–water partition coefficient (Wildman–Crippen LogP) is 0.856. The number of rotatable bonds is 4. The Labute approximate surface area is 88.6 Å². The first-order valence-corrected chi connectivity index (χ1v) is 8.58. The van der Waals surface area contributed by atoms with Crippen LogP contribution < -0.4 is 0 Å². The summed E-state index contributed by atoms with van der Waals surface area (Å²) in [5, 5.41) is 1.10. The molecule has 0 aromatic heterocycles. The second kappa shape index (κ2) is 5.99.